The summed E-state index contributed by atoms with van der Waals surface area (Å²) in [7, 11) is 1.58. The van der Waals surface area contributed by atoms with Crippen molar-refractivity contribution in [3.05, 3.63) is 28.5 Å². The second-order valence-electron chi connectivity index (χ2n) is 3.01. The predicted octanol–water partition coefficient (Wildman–Crippen LogP) is 1.94. The average Bonchev–Trinajstić information content (AvgIpc) is 2.23. The molecular weight excluding hydrogens is 265 g/mol. The summed E-state index contributed by atoms with van der Waals surface area (Å²) >= 11 is 3.08. The molecular formula is C10H13BrFNO2. The van der Waals surface area contributed by atoms with Crippen LogP contribution in [0.2, 0.25) is 0 Å². The van der Waals surface area contributed by atoms with Crippen LogP contribution in [0.5, 0.6) is 5.75 Å². The molecule has 84 valence electrons. The Hall–Kier alpha value is -0.650. The van der Waals surface area contributed by atoms with E-state index in [1.165, 1.54) is 6.07 Å². The van der Waals surface area contributed by atoms with Gasteiger partial charge in [0, 0.05) is 13.7 Å². The Morgan fingerprint density at radius 2 is 2.27 bits per heavy atom. The lowest BCUT2D eigenvalue weighted by atomic mass is 10.3. The van der Waals surface area contributed by atoms with Crippen molar-refractivity contribution in [3.8, 4) is 5.75 Å². The molecule has 0 aliphatic carbocycles. The molecule has 0 bridgehead atoms. The van der Waals surface area contributed by atoms with Crippen LogP contribution in [0, 0.1) is 5.82 Å². The number of benzene rings is 1. The lowest BCUT2D eigenvalue weighted by molar-refractivity contribution is 0.0859. The highest BCUT2D eigenvalue weighted by Gasteiger charge is 2.09. The van der Waals surface area contributed by atoms with E-state index < -0.39 is 0 Å². The van der Waals surface area contributed by atoms with Crippen molar-refractivity contribution in [1.82, 2.24) is 0 Å². The van der Waals surface area contributed by atoms with Gasteiger partial charge in [-0.2, -0.15) is 0 Å². The maximum absolute atomic E-state index is 12.9. The largest absolute Gasteiger partial charge is 0.487 e. The summed E-state index contributed by atoms with van der Waals surface area (Å²) in [4.78, 5) is 0. The molecule has 0 saturated carbocycles. The quantitative estimate of drug-likeness (QED) is 0.895. The number of methoxy groups -OCH3 is 1. The third-order valence-corrected chi connectivity index (χ3v) is 2.42. The summed E-state index contributed by atoms with van der Waals surface area (Å²) in [5.41, 5.74) is 5.48. The Balaban J connectivity index is 2.66. The van der Waals surface area contributed by atoms with Crippen molar-refractivity contribution in [3.63, 3.8) is 0 Å². The molecule has 1 unspecified atom stereocenters. The van der Waals surface area contributed by atoms with E-state index in [0.29, 0.717) is 23.4 Å². The summed E-state index contributed by atoms with van der Waals surface area (Å²) in [5.74, 6) is 0.245. The van der Waals surface area contributed by atoms with Gasteiger partial charge in [0.2, 0.25) is 0 Å². The number of hydrogen-bond donors (Lipinski definition) is 1. The van der Waals surface area contributed by atoms with Gasteiger partial charge in [0.25, 0.3) is 0 Å². The van der Waals surface area contributed by atoms with E-state index in [1.54, 1.807) is 19.2 Å². The molecule has 2 N–H and O–H groups in total. The van der Waals surface area contributed by atoms with Crippen LogP contribution >= 0.6 is 15.9 Å². The van der Waals surface area contributed by atoms with Crippen molar-refractivity contribution < 1.29 is 13.9 Å². The second-order valence-corrected chi connectivity index (χ2v) is 3.86. The maximum Gasteiger partial charge on any atom is 0.137 e. The van der Waals surface area contributed by atoms with Crippen molar-refractivity contribution >= 4 is 15.9 Å². The van der Waals surface area contributed by atoms with Crippen LogP contribution < -0.4 is 10.5 Å². The smallest absolute Gasteiger partial charge is 0.137 e. The van der Waals surface area contributed by atoms with Crippen molar-refractivity contribution in [2.75, 3.05) is 20.3 Å². The van der Waals surface area contributed by atoms with E-state index in [4.69, 9.17) is 15.2 Å². The molecule has 1 aromatic rings. The third kappa shape index (κ3) is 3.77. The van der Waals surface area contributed by atoms with E-state index in [2.05, 4.69) is 15.9 Å². The van der Waals surface area contributed by atoms with Gasteiger partial charge >= 0.3 is 0 Å². The first-order chi connectivity index (χ1) is 7.17. The monoisotopic (exact) mass is 277 g/mol. The first-order valence-electron chi connectivity index (χ1n) is 4.48. The molecule has 1 atom stereocenters. The van der Waals surface area contributed by atoms with Gasteiger partial charge in [0.1, 0.15) is 17.7 Å². The van der Waals surface area contributed by atoms with Crippen molar-refractivity contribution in [2.24, 2.45) is 5.73 Å². The highest BCUT2D eigenvalue weighted by Crippen LogP contribution is 2.22. The topological polar surface area (TPSA) is 44.5 Å². The zero-order chi connectivity index (χ0) is 11.3. The van der Waals surface area contributed by atoms with E-state index in [1.807, 2.05) is 0 Å². The molecule has 5 heteroatoms. The fourth-order valence-electron chi connectivity index (χ4n) is 1.08. The summed E-state index contributed by atoms with van der Waals surface area (Å²) in [6.45, 7) is 0.758. The second kappa shape index (κ2) is 6.05. The van der Waals surface area contributed by atoms with E-state index in [-0.39, 0.29) is 11.9 Å². The van der Waals surface area contributed by atoms with Crippen LogP contribution in [0.3, 0.4) is 0 Å². The van der Waals surface area contributed by atoms with Crippen LogP contribution in [0.15, 0.2) is 22.7 Å². The summed E-state index contributed by atoms with van der Waals surface area (Å²) in [6, 6.07) is 4.45. The van der Waals surface area contributed by atoms with Crippen molar-refractivity contribution in [2.45, 2.75) is 6.10 Å². The Bertz CT molecular complexity index is 322. The molecule has 0 amide bonds. The fourth-order valence-corrected chi connectivity index (χ4v) is 1.44. The van der Waals surface area contributed by atoms with Gasteiger partial charge in [-0.15, -0.1) is 0 Å². The molecule has 3 nitrogen and oxygen atoms in total. The lowest BCUT2D eigenvalue weighted by Crippen LogP contribution is -2.31. The minimum atomic E-state index is -0.321. The zero-order valence-electron chi connectivity index (χ0n) is 8.37. The van der Waals surface area contributed by atoms with E-state index in [0.717, 1.165) is 0 Å². The molecule has 0 radical (unpaired) electrons. The highest BCUT2D eigenvalue weighted by atomic mass is 79.9. The minimum absolute atomic E-state index is 0.215. The van der Waals surface area contributed by atoms with Gasteiger partial charge in [0.05, 0.1) is 11.1 Å². The van der Waals surface area contributed by atoms with Crippen molar-refractivity contribution in [1.29, 1.82) is 0 Å². The highest BCUT2D eigenvalue weighted by molar-refractivity contribution is 9.10. The Labute approximate surface area is 96.5 Å². The minimum Gasteiger partial charge on any atom is -0.487 e. The third-order valence-electron chi connectivity index (χ3n) is 1.81. The zero-order valence-corrected chi connectivity index (χ0v) is 9.96. The van der Waals surface area contributed by atoms with Crippen LogP contribution in [0.4, 0.5) is 4.39 Å². The Morgan fingerprint density at radius 1 is 1.53 bits per heavy atom. The van der Waals surface area contributed by atoms with Crippen LogP contribution in [0.1, 0.15) is 0 Å². The maximum atomic E-state index is 12.9. The van der Waals surface area contributed by atoms with E-state index >= 15 is 0 Å². The van der Waals surface area contributed by atoms with Gasteiger partial charge in [0.15, 0.2) is 0 Å². The molecule has 0 aromatic heterocycles. The van der Waals surface area contributed by atoms with Crippen LogP contribution in [-0.4, -0.2) is 26.4 Å². The summed E-state index contributed by atoms with van der Waals surface area (Å²) in [6.07, 6.45) is -0.215. The van der Waals surface area contributed by atoms with E-state index in [9.17, 15) is 4.39 Å². The summed E-state index contributed by atoms with van der Waals surface area (Å²) in [5, 5.41) is 0. The number of halogens is 2. The molecule has 15 heavy (non-hydrogen) atoms. The Morgan fingerprint density at radius 3 is 2.80 bits per heavy atom. The number of ether oxygens (including phenoxy) is 2. The SMILES string of the molecule is COCC(CN)Oc1ccc(F)c(Br)c1. The first-order valence-corrected chi connectivity index (χ1v) is 5.27. The molecule has 0 saturated heterocycles. The predicted molar refractivity (Wildman–Crippen MR) is 59.4 cm³/mol. The fraction of sp³-hybridized carbons (Fsp3) is 0.400. The Kier molecular flexibility index (Phi) is 5.01. The molecule has 0 aliphatic rings. The molecule has 0 spiro atoms. The van der Waals surface area contributed by atoms with Gasteiger partial charge in [-0.25, -0.2) is 4.39 Å². The first kappa shape index (κ1) is 12.4. The summed E-state index contributed by atoms with van der Waals surface area (Å²) < 4.78 is 23.7. The number of hydrogen-bond acceptors (Lipinski definition) is 3. The standard InChI is InChI=1S/C10H13BrFNO2/c1-14-6-8(5-13)15-7-2-3-10(12)9(11)4-7/h2-4,8H,5-6,13H2,1H3. The van der Waals surface area contributed by atoms with Crippen LogP contribution in [-0.2, 0) is 4.74 Å². The lowest BCUT2D eigenvalue weighted by Gasteiger charge is -2.16. The van der Waals surface area contributed by atoms with Gasteiger partial charge in [-0.1, -0.05) is 0 Å². The van der Waals surface area contributed by atoms with Gasteiger partial charge in [-0.3, -0.25) is 0 Å². The van der Waals surface area contributed by atoms with Gasteiger partial charge in [-0.05, 0) is 34.1 Å². The molecule has 0 fully saturated rings. The molecule has 1 rings (SSSR count). The number of nitrogens with two attached hydrogens (primary N) is 1. The average molecular weight is 278 g/mol. The van der Waals surface area contributed by atoms with Gasteiger partial charge < -0.3 is 15.2 Å². The molecule has 0 heterocycles. The molecule has 1 aromatic carbocycles. The molecule has 0 aliphatic heterocycles. The van der Waals surface area contributed by atoms with Crippen LogP contribution in [0.25, 0.3) is 0 Å². The number of rotatable bonds is 5. The normalized spacial score (nSPS) is 12.5.